The number of methoxy groups -OCH3 is 1. The predicted molar refractivity (Wildman–Crippen MR) is 162 cm³/mol. The summed E-state index contributed by atoms with van der Waals surface area (Å²) in [5, 5.41) is 14.9. The first-order valence-electron chi connectivity index (χ1n) is 14.3. The van der Waals surface area contributed by atoms with Crippen molar-refractivity contribution in [3.05, 3.63) is 64.9 Å². The van der Waals surface area contributed by atoms with E-state index in [2.05, 4.69) is 10.6 Å². The summed E-state index contributed by atoms with van der Waals surface area (Å²) in [6, 6.07) is 10.4. The third-order valence-electron chi connectivity index (χ3n) is 6.50. The number of hydrogen-bond acceptors (Lipinski definition) is 10. The van der Waals surface area contributed by atoms with Crippen LogP contribution in [0.3, 0.4) is 0 Å². The zero-order chi connectivity index (χ0) is 32.1. The number of carbonyl (C=O) groups excluding carboxylic acids is 4. The second-order valence-corrected chi connectivity index (χ2v) is 9.99. The number of carbonyl (C=O) groups is 4. The molecule has 2 amide bonds. The Balaban J connectivity index is 1.81. The van der Waals surface area contributed by atoms with E-state index in [9.17, 15) is 19.2 Å². The normalized spacial score (nSPS) is 14.1. The van der Waals surface area contributed by atoms with Gasteiger partial charge >= 0.3 is 11.9 Å². The summed E-state index contributed by atoms with van der Waals surface area (Å²) in [6.45, 7) is 4.59. The molecule has 44 heavy (non-hydrogen) atoms. The van der Waals surface area contributed by atoms with Crippen molar-refractivity contribution in [3.8, 4) is 11.5 Å². The van der Waals surface area contributed by atoms with Crippen molar-refractivity contribution in [1.29, 1.82) is 5.41 Å². The fraction of sp³-hybridized carbons (Fsp3) is 0.387. The van der Waals surface area contributed by atoms with Gasteiger partial charge in [0.2, 0.25) is 5.91 Å². The molecule has 3 rings (SSSR count). The fourth-order valence-electron chi connectivity index (χ4n) is 4.35. The maximum atomic E-state index is 13.2. The summed E-state index contributed by atoms with van der Waals surface area (Å²) < 4.78 is 15.9. The van der Waals surface area contributed by atoms with Crippen LogP contribution in [0.25, 0.3) is 6.08 Å². The van der Waals surface area contributed by atoms with Crippen molar-refractivity contribution >= 4 is 35.7 Å². The van der Waals surface area contributed by atoms with Crippen LogP contribution in [0, 0.1) is 5.41 Å². The van der Waals surface area contributed by atoms with E-state index in [1.807, 2.05) is 5.06 Å². The van der Waals surface area contributed by atoms with E-state index in [1.54, 1.807) is 43.3 Å². The van der Waals surface area contributed by atoms with Gasteiger partial charge in [-0.05, 0) is 56.2 Å². The number of nitrogens with two attached hydrogens (primary N) is 1. The highest BCUT2D eigenvalue weighted by Gasteiger charge is 2.21. The van der Waals surface area contributed by atoms with Crippen molar-refractivity contribution in [1.82, 2.24) is 15.7 Å². The molecule has 1 heterocycles. The first-order chi connectivity index (χ1) is 21.1. The highest BCUT2D eigenvalue weighted by atomic mass is 16.7. The Kier molecular flexibility index (Phi) is 12.7. The zero-order valence-electron chi connectivity index (χ0n) is 25.1. The molecule has 1 fully saturated rings. The van der Waals surface area contributed by atoms with E-state index in [0.717, 1.165) is 25.9 Å². The van der Waals surface area contributed by atoms with E-state index < -0.39 is 29.8 Å². The number of benzene rings is 2. The van der Waals surface area contributed by atoms with Crippen molar-refractivity contribution in [3.63, 3.8) is 0 Å². The molecule has 1 saturated heterocycles. The number of nitrogens with zero attached hydrogens (tertiary/aromatic N) is 1. The number of hydroxylamine groups is 2. The summed E-state index contributed by atoms with van der Waals surface area (Å²) in [6.07, 6.45) is 4.49. The molecule has 0 aromatic heterocycles. The van der Waals surface area contributed by atoms with E-state index >= 15 is 0 Å². The summed E-state index contributed by atoms with van der Waals surface area (Å²) in [5.74, 6) is -1.70. The number of nitrogens with one attached hydrogen (secondary N) is 3. The lowest BCUT2D eigenvalue weighted by Crippen LogP contribution is -2.41. The number of nitrogen functional groups attached to an aromatic ring is 1. The molecule has 2 aromatic carbocycles. The monoisotopic (exact) mass is 609 g/mol. The summed E-state index contributed by atoms with van der Waals surface area (Å²) in [7, 11) is 1.17. The van der Waals surface area contributed by atoms with Gasteiger partial charge in [0.25, 0.3) is 5.91 Å². The van der Waals surface area contributed by atoms with Gasteiger partial charge in [-0.1, -0.05) is 18.6 Å². The first kappa shape index (κ1) is 33.6. The maximum absolute atomic E-state index is 13.2. The van der Waals surface area contributed by atoms with Gasteiger partial charge in [0.15, 0.2) is 0 Å². The molecule has 0 unspecified atom stereocenters. The molecule has 0 saturated carbocycles. The molecule has 1 aliphatic rings. The third-order valence-corrected chi connectivity index (χ3v) is 6.50. The zero-order valence-corrected chi connectivity index (χ0v) is 25.1. The number of rotatable bonds is 14. The summed E-state index contributed by atoms with van der Waals surface area (Å²) >= 11 is 0. The first-order valence-corrected chi connectivity index (χ1v) is 14.3. The second-order valence-electron chi connectivity index (χ2n) is 9.99. The van der Waals surface area contributed by atoms with Crippen LogP contribution in [-0.4, -0.2) is 74.1 Å². The minimum Gasteiger partial charge on any atom is -0.491 e. The fourth-order valence-corrected chi connectivity index (χ4v) is 4.35. The number of ether oxygens (including phenoxy) is 3. The lowest BCUT2D eigenvalue weighted by Gasteiger charge is -2.26. The van der Waals surface area contributed by atoms with Crippen molar-refractivity contribution < 1.29 is 38.2 Å². The Bertz CT molecular complexity index is 1370. The topological polar surface area (TPSA) is 182 Å². The largest absolute Gasteiger partial charge is 0.491 e. The Hall–Kier alpha value is -4.91. The number of piperidine rings is 1. The molecule has 236 valence electrons. The van der Waals surface area contributed by atoms with Gasteiger partial charge in [0.1, 0.15) is 29.6 Å². The molecule has 0 bridgehead atoms. The van der Waals surface area contributed by atoms with Crippen LogP contribution in [-0.2, 0) is 23.9 Å². The quantitative estimate of drug-likeness (QED) is 0.107. The van der Waals surface area contributed by atoms with Crippen LogP contribution >= 0.6 is 0 Å². The molecule has 0 radical (unpaired) electrons. The van der Waals surface area contributed by atoms with Crippen LogP contribution in [0.15, 0.2) is 48.2 Å². The molecule has 1 aliphatic heterocycles. The summed E-state index contributed by atoms with van der Waals surface area (Å²) in [4.78, 5) is 55.3. The SMILES string of the molecule is CCOC(=O)C[C@@H](COc1cc(C(=N)N)ccc1C=C(NC(C)=O)C(=O)OC)NC(=O)c1ccc(ON2CCCCC2)cc1. The average Bonchev–Trinajstić information content (AvgIpc) is 3.00. The average molecular weight is 610 g/mol. The predicted octanol–water partition coefficient (Wildman–Crippen LogP) is 2.53. The molecule has 13 heteroatoms. The van der Waals surface area contributed by atoms with E-state index in [0.29, 0.717) is 22.4 Å². The number of hydrogen-bond donors (Lipinski definition) is 4. The molecule has 0 aliphatic carbocycles. The Labute approximate surface area is 256 Å². The Morgan fingerprint density at radius 3 is 2.34 bits per heavy atom. The van der Waals surface area contributed by atoms with Crippen LogP contribution in [0.2, 0.25) is 0 Å². The Morgan fingerprint density at radius 2 is 1.73 bits per heavy atom. The van der Waals surface area contributed by atoms with Crippen LogP contribution in [0.1, 0.15) is 61.0 Å². The smallest absolute Gasteiger partial charge is 0.354 e. The van der Waals surface area contributed by atoms with E-state index in [-0.39, 0.29) is 36.9 Å². The number of esters is 2. The standard InChI is InChI=1S/C31H39N5O8/c1-4-42-28(38)18-24(35-30(39)21-10-12-25(13-11-21)44-36-14-6-5-7-15-36)19-43-27-17-23(29(32)33)9-8-22(27)16-26(31(40)41-3)34-20(2)37/h8-13,16-17,24H,4-7,14-15,18-19H2,1-3H3,(H3,32,33)(H,34,37)(H,35,39)/t24-/m0/s1. The minimum atomic E-state index is -0.820. The molecule has 0 spiro atoms. The molecule has 13 nitrogen and oxygen atoms in total. The third kappa shape index (κ3) is 10.4. The van der Waals surface area contributed by atoms with Crippen LogP contribution in [0.4, 0.5) is 0 Å². The van der Waals surface area contributed by atoms with Crippen molar-refractivity contribution in [2.24, 2.45) is 5.73 Å². The highest BCUT2D eigenvalue weighted by molar-refractivity contribution is 5.99. The lowest BCUT2D eigenvalue weighted by atomic mass is 10.1. The van der Waals surface area contributed by atoms with Gasteiger partial charge < -0.3 is 35.4 Å². The van der Waals surface area contributed by atoms with Gasteiger partial charge in [-0.3, -0.25) is 19.8 Å². The molecule has 5 N–H and O–H groups in total. The maximum Gasteiger partial charge on any atom is 0.354 e. The molecular weight excluding hydrogens is 570 g/mol. The number of amidine groups is 1. The van der Waals surface area contributed by atoms with E-state index in [1.165, 1.54) is 32.6 Å². The van der Waals surface area contributed by atoms with Gasteiger partial charge in [-0.25, -0.2) is 4.79 Å². The molecule has 1 atom stereocenters. The van der Waals surface area contributed by atoms with Crippen LogP contribution < -0.4 is 25.9 Å². The Morgan fingerprint density at radius 1 is 1.05 bits per heavy atom. The van der Waals surface area contributed by atoms with E-state index in [4.69, 9.17) is 30.2 Å². The second kappa shape index (κ2) is 16.7. The summed E-state index contributed by atoms with van der Waals surface area (Å²) in [5.41, 5.74) is 6.54. The molecular formula is C31H39N5O8. The molecule has 2 aromatic rings. The van der Waals surface area contributed by atoms with Gasteiger partial charge in [0, 0.05) is 36.7 Å². The van der Waals surface area contributed by atoms with Gasteiger partial charge in [-0.2, -0.15) is 0 Å². The van der Waals surface area contributed by atoms with Crippen molar-refractivity contribution in [2.75, 3.05) is 33.4 Å². The minimum absolute atomic E-state index is 0.149. The van der Waals surface area contributed by atoms with Crippen molar-refractivity contribution in [2.45, 2.75) is 45.6 Å². The van der Waals surface area contributed by atoms with Gasteiger partial charge in [0.05, 0.1) is 26.2 Å². The highest BCUT2D eigenvalue weighted by Crippen LogP contribution is 2.24. The van der Waals surface area contributed by atoms with Gasteiger partial charge in [-0.15, -0.1) is 5.06 Å². The lowest BCUT2D eigenvalue weighted by molar-refractivity contribution is -0.143. The number of amides is 2. The van der Waals surface area contributed by atoms with Crippen LogP contribution in [0.5, 0.6) is 11.5 Å².